The van der Waals surface area contributed by atoms with Gasteiger partial charge in [-0.05, 0) is 31.0 Å². The van der Waals surface area contributed by atoms with Crippen molar-refractivity contribution < 1.29 is 9.90 Å². The molecule has 0 saturated heterocycles. The third-order valence-electron chi connectivity index (χ3n) is 2.88. The van der Waals surface area contributed by atoms with E-state index in [9.17, 15) is 9.90 Å². The Morgan fingerprint density at radius 2 is 1.82 bits per heavy atom. The first-order valence-electron chi connectivity index (χ1n) is 5.48. The van der Waals surface area contributed by atoms with E-state index in [0.717, 1.165) is 16.7 Å². The lowest BCUT2D eigenvalue weighted by Crippen LogP contribution is -1.89. The van der Waals surface area contributed by atoms with Crippen molar-refractivity contribution in [3.05, 3.63) is 53.1 Å². The summed E-state index contributed by atoms with van der Waals surface area (Å²) in [6.45, 7) is 3.99. The largest absolute Gasteiger partial charge is 0.507 e. The molecule has 17 heavy (non-hydrogen) atoms. The Morgan fingerprint density at radius 1 is 1.06 bits per heavy atom. The van der Waals surface area contributed by atoms with Gasteiger partial charge in [0.25, 0.3) is 0 Å². The molecular weight excluding hydrogens is 212 g/mol. The predicted molar refractivity (Wildman–Crippen MR) is 68.4 cm³/mol. The Kier molecular flexibility index (Phi) is 2.96. The highest BCUT2D eigenvalue weighted by atomic mass is 16.3. The standard InChI is InChI=1S/C15H14O2/c1-10-6-7-11(2)14(8-10)13-5-3-4-12(9-16)15(13)17/h3-9,17H,1-2H3. The maximum absolute atomic E-state index is 10.8. The van der Waals surface area contributed by atoms with Gasteiger partial charge in [-0.1, -0.05) is 35.9 Å². The summed E-state index contributed by atoms with van der Waals surface area (Å²) in [5.74, 6) is 0.0520. The van der Waals surface area contributed by atoms with Gasteiger partial charge in [-0.15, -0.1) is 0 Å². The van der Waals surface area contributed by atoms with Crippen molar-refractivity contribution in [1.29, 1.82) is 0 Å². The number of hydrogen-bond acceptors (Lipinski definition) is 2. The molecule has 0 amide bonds. The fraction of sp³-hybridized carbons (Fsp3) is 0.133. The summed E-state index contributed by atoms with van der Waals surface area (Å²) in [6, 6.07) is 11.3. The minimum Gasteiger partial charge on any atom is -0.507 e. The molecule has 0 aliphatic carbocycles. The zero-order valence-electron chi connectivity index (χ0n) is 9.90. The molecule has 2 heteroatoms. The van der Waals surface area contributed by atoms with Crippen LogP contribution in [0.1, 0.15) is 21.5 Å². The van der Waals surface area contributed by atoms with Gasteiger partial charge in [0.2, 0.25) is 0 Å². The normalized spacial score (nSPS) is 10.2. The van der Waals surface area contributed by atoms with E-state index in [2.05, 4.69) is 0 Å². The Morgan fingerprint density at radius 3 is 2.53 bits per heavy atom. The summed E-state index contributed by atoms with van der Waals surface area (Å²) in [6.07, 6.45) is 0.671. The third kappa shape index (κ3) is 2.07. The predicted octanol–water partition coefficient (Wildman–Crippen LogP) is 3.49. The first-order valence-corrected chi connectivity index (χ1v) is 5.48. The van der Waals surface area contributed by atoms with E-state index in [-0.39, 0.29) is 5.75 Å². The van der Waals surface area contributed by atoms with E-state index in [1.54, 1.807) is 12.1 Å². The summed E-state index contributed by atoms with van der Waals surface area (Å²) in [4.78, 5) is 10.8. The minimum atomic E-state index is 0.0520. The minimum absolute atomic E-state index is 0.0520. The molecule has 2 nitrogen and oxygen atoms in total. The molecule has 0 aliphatic rings. The molecule has 0 aliphatic heterocycles. The van der Waals surface area contributed by atoms with Crippen LogP contribution in [0.5, 0.6) is 5.75 Å². The maximum Gasteiger partial charge on any atom is 0.153 e. The zero-order valence-corrected chi connectivity index (χ0v) is 9.90. The van der Waals surface area contributed by atoms with Crippen LogP contribution in [0.2, 0.25) is 0 Å². The zero-order chi connectivity index (χ0) is 12.4. The van der Waals surface area contributed by atoms with Crippen LogP contribution in [-0.2, 0) is 0 Å². The Balaban J connectivity index is 2.68. The number of rotatable bonds is 2. The number of aromatic hydroxyl groups is 1. The summed E-state index contributed by atoms with van der Waals surface area (Å²) >= 11 is 0. The van der Waals surface area contributed by atoms with E-state index < -0.39 is 0 Å². The van der Waals surface area contributed by atoms with Crippen LogP contribution < -0.4 is 0 Å². The molecule has 0 radical (unpaired) electrons. The fourth-order valence-corrected chi connectivity index (χ4v) is 1.90. The Labute approximate surface area is 101 Å². The van der Waals surface area contributed by atoms with Crippen LogP contribution in [0.3, 0.4) is 0 Å². The highest BCUT2D eigenvalue weighted by molar-refractivity contribution is 5.86. The Bertz CT molecular complexity index is 571. The lowest BCUT2D eigenvalue weighted by atomic mass is 9.96. The van der Waals surface area contributed by atoms with Gasteiger partial charge in [0.05, 0.1) is 5.56 Å². The van der Waals surface area contributed by atoms with Crippen molar-refractivity contribution in [3.63, 3.8) is 0 Å². The molecule has 1 N–H and O–H groups in total. The van der Waals surface area contributed by atoms with E-state index >= 15 is 0 Å². The first-order chi connectivity index (χ1) is 8.13. The lowest BCUT2D eigenvalue weighted by Gasteiger charge is -2.10. The van der Waals surface area contributed by atoms with Gasteiger partial charge in [0.15, 0.2) is 6.29 Å². The SMILES string of the molecule is Cc1ccc(C)c(-c2cccc(C=O)c2O)c1. The molecule has 0 unspecified atom stereocenters. The van der Waals surface area contributed by atoms with Crippen LogP contribution in [0.25, 0.3) is 11.1 Å². The molecule has 86 valence electrons. The fourth-order valence-electron chi connectivity index (χ4n) is 1.90. The lowest BCUT2D eigenvalue weighted by molar-refractivity contribution is 0.112. The van der Waals surface area contributed by atoms with Gasteiger partial charge >= 0.3 is 0 Å². The smallest absolute Gasteiger partial charge is 0.153 e. The van der Waals surface area contributed by atoms with Gasteiger partial charge in [0.1, 0.15) is 5.75 Å². The number of carbonyl (C=O) groups excluding carboxylic acids is 1. The molecule has 2 aromatic rings. The van der Waals surface area contributed by atoms with E-state index in [0.29, 0.717) is 17.4 Å². The molecule has 0 spiro atoms. The Hall–Kier alpha value is -2.09. The van der Waals surface area contributed by atoms with Crippen molar-refractivity contribution in [2.24, 2.45) is 0 Å². The molecule has 0 atom stereocenters. The van der Waals surface area contributed by atoms with Crippen molar-refractivity contribution >= 4 is 6.29 Å². The average molecular weight is 226 g/mol. The molecule has 0 saturated carbocycles. The third-order valence-corrected chi connectivity index (χ3v) is 2.88. The number of hydrogen-bond donors (Lipinski definition) is 1. The number of aldehydes is 1. The monoisotopic (exact) mass is 226 g/mol. The van der Waals surface area contributed by atoms with Gasteiger partial charge in [-0.25, -0.2) is 0 Å². The van der Waals surface area contributed by atoms with Gasteiger partial charge < -0.3 is 5.11 Å². The quantitative estimate of drug-likeness (QED) is 0.796. The molecule has 2 rings (SSSR count). The van der Waals surface area contributed by atoms with Crippen molar-refractivity contribution in [1.82, 2.24) is 0 Å². The second-order valence-electron chi connectivity index (χ2n) is 4.18. The summed E-state index contributed by atoms with van der Waals surface area (Å²) in [5.41, 5.74) is 4.20. The summed E-state index contributed by atoms with van der Waals surface area (Å²) in [7, 11) is 0. The average Bonchev–Trinajstić information content (AvgIpc) is 2.33. The van der Waals surface area contributed by atoms with Gasteiger partial charge in [0, 0.05) is 5.56 Å². The number of para-hydroxylation sites is 1. The molecule has 0 heterocycles. The maximum atomic E-state index is 10.8. The van der Waals surface area contributed by atoms with Crippen molar-refractivity contribution in [3.8, 4) is 16.9 Å². The van der Waals surface area contributed by atoms with Crippen LogP contribution in [0.15, 0.2) is 36.4 Å². The van der Waals surface area contributed by atoms with Crippen LogP contribution in [0.4, 0.5) is 0 Å². The molecule has 0 aromatic heterocycles. The van der Waals surface area contributed by atoms with Gasteiger partial charge in [-0.2, -0.15) is 0 Å². The summed E-state index contributed by atoms with van der Waals surface area (Å²) in [5, 5.41) is 10.0. The molecular formula is C15H14O2. The van der Waals surface area contributed by atoms with E-state index in [1.165, 1.54) is 0 Å². The van der Waals surface area contributed by atoms with Crippen LogP contribution in [0, 0.1) is 13.8 Å². The van der Waals surface area contributed by atoms with Crippen LogP contribution in [-0.4, -0.2) is 11.4 Å². The second-order valence-corrected chi connectivity index (χ2v) is 4.18. The molecule has 0 fully saturated rings. The van der Waals surface area contributed by atoms with Crippen molar-refractivity contribution in [2.45, 2.75) is 13.8 Å². The molecule has 2 aromatic carbocycles. The van der Waals surface area contributed by atoms with Gasteiger partial charge in [-0.3, -0.25) is 4.79 Å². The van der Waals surface area contributed by atoms with E-state index in [4.69, 9.17) is 0 Å². The topological polar surface area (TPSA) is 37.3 Å². The number of benzene rings is 2. The number of carbonyl (C=O) groups is 1. The number of phenols is 1. The van der Waals surface area contributed by atoms with Crippen LogP contribution >= 0.6 is 0 Å². The highest BCUT2D eigenvalue weighted by Gasteiger charge is 2.10. The number of phenolic OH excluding ortho intramolecular Hbond substituents is 1. The van der Waals surface area contributed by atoms with E-state index in [1.807, 2.05) is 38.1 Å². The van der Waals surface area contributed by atoms with Crippen molar-refractivity contribution in [2.75, 3.05) is 0 Å². The second kappa shape index (κ2) is 4.42. The highest BCUT2D eigenvalue weighted by Crippen LogP contribution is 2.33. The summed E-state index contributed by atoms with van der Waals surface area (Å²) < 4.78 is 0. The first kappa shape index (κ1) is 11.4. The molecule has 0 bridgehead atoms. The number of aryl methyl sites for hydroxylation is 2.